The largest absolute Gasteiger partial charge is 0.337 e. The second kappa shape index (κ2) is 8.20. The predicted molar refractivity (Wildman–Crippen MR) is 110 cm³/mol. The van der Waals surface area contributed by atoms with Gasteiger partial charge in [0.15, 0.2) is 0 Å². The van der Waals surface area contributed by atoms with E-state index in [-0.39, 0.29) is 11.8 Å². The molecule has 0 N–H and O–H groups in total. The summed E-state index contributed by atoms with van der Waals surface area (Å²) in [6.45, 7) is 3.87. The second-order valence-corrected chi connectivity index (χ2v) is 10.0. The highest BCUT2D eigenvalue weighted by molar-refractivity contribution is 7.90. The number of likely N-dealkylation sites (tertiary alicyclic amines) is 1. The maximum Gasteiger partial charge on any atom is 0.274 e. The minimum atomic E-state index is -3.33. The smallest absolute Gasteiger partial charge is 0.274 e. The van der Waals surface area contributed by atoms with Gasteiger partial charge in [-0.3, -0.25) is 9.78 Å². The third kappa shape index (κ3) is 4.18. The molecule has 0 aliphatic carbocycles. The van der Waals surface area contributed by atoms with Gasteiger partial charge >= 0.3 is 0 Å². The summed E-state index contributed by atoms with van der Waals surface area (Å²) in [4.78, 5) is 22.8. The maximum atomic E-state index is 13.1. The first-order chi connectivity index (χ1) is 13.9. The molecule has 4 rings (SSSR count). The summed E-state index contributed by atoms with van der Waals surface area (Å²) in [5.41, 5.74) is 2.22. The Morgan fingerprint density at radius 3 is 2.59 bits per heavy atom. The van der Waals surface area contributed by atoms with Crippen LogP contribution in [0.1, 0.15) is 34.6 Å². The van der Waals surface area contributed by atoms with Gasteiger partial charge in [-0.1, -0.05) is 30.3 Å². The number of amides is 1. The Labute approximate surface area is 171 Å². The van der Waals surface area contributed by atoms with Crippen molar-refractivity contribution < 1.29 is 13.2 Å². The predicted octanol–water partition coefficient (Wildman–Crippen LogP) is 1.89. The van der Waals surface area contributed by atoms with Gasteiger partial charge in [0.05, 0.1) is 17.1 Å². The summed E-state index contributed by atoms with van der Waals surface area (Å²) in [6.07, 6.45) is 4.95. The first-order valence-electron chi connectivity index (χ1n) is 10.1. The van der Waals surface area contributed by atoms with E-state index in [1.165, 1.54) is 6.20 Å². The zero-order valence-electron chi connectivity index (χ0n) is 16.6. The summed E-state index contributed by atoms with van der Waals surface area (Å²) >= 11 is 0. The number of hydrogen-bond acceptors (Lipinski definition) is 5. The molecule has 0 spiro atoms. The normalized spacial score (nSPS) is 24.1. The van der Waals surface area contributed by atoms with Crippen molar-refractivity contribution in [1.82, 2.24) is 19.2 Å². The summed E-state index contributed by atoms with van der Waals surface area (Å²) in [7, 11) is -3.33. The van der Waals surface area contributed by atoms with Crippen LogP contribution in [0.2, 0.25) is 0 Å². The highest BCUT2D eigenvalue weighted by atomic mass is 32.2. The number of benzene rings is 1. The van der Waals surface area contributed by atoms with Gasteiger partial charge in [-0.25, -0.2) is 17.7 Å². The molecule has 1 aromatic heterocycles. The lowest BCUT2D eigenvalue weighted by Gasteiger charge is -2.22. The third-order valence-electron chi connectivity index (χ3n) is 5.94. The van der Waals surface area contributed by atoms with Crippen LogP contribution in [0.5, 0.6) is 0 Å². The Bertz CT molecular complexity index is 963. The van der Waals surface area contributed by atoms with E-state index in [4.69, 9.17) is 0 Å². The van der Waals surface area contributed by atoms with E-state index < -0.39 is 15.3 Å². The van der Waals surface area contributed by atoms with E-state index in [1.807, 2.05) is 37.3 Å². The van der Waals surface area contributed by atoms with E-state index >= 15 is 0 Å². The quantitative estimate of drug-likeness (QED) is 0.763. The van der Waals surface area contributed by atoms with Crippen molar-refractivity contribution in [3.05, 3.63) is 59.7 Å². The third-order valence-corrected chi connectivity index (χ3v) is 8.38. The molecule has 29 heavy (non-hydrogen) atoms. The van der Waals surface area contributed by atoms with Gasteiger partial charge in [0.2, 0.25) is 10.0 Å². The molecule has 2 atom stereocenters. The zero-order chi connectivity index (χ0) is 20.4. The first kappa shape index (κ1) is 20.0. The van der Waals surface area contributed by atoms with Gasteiger partial charge in [0.25, 0.3) is 5.91 Å². The molecule has 2 fully saturated rings. The minimum absolute atomic E-state index is 0.0673. The Hall–Kier alpha value is -2.32. The number of aromatic nitrogens is 2. The molecule has 1 amide bonds. The molecule has 3 heterocycles. The van der Waals surface area contributed by atoms with E-state index in [0.717, 1.165) is 17.7 Å². The number of hydrogen-bond donors (Lipinski definition) is 0. The molecule has 2 aromatic rings. The van der Waals surface area contributed by atoms with Crippen molar-refractivity contribution >= 4 is 15.9 Å². The summed E-state index contributed by atoms with van der Waals surface area (Å²) < 4.78 is 27.8. The molecule has 2 aliphatic heterocycles. The van der Waals surface area contributed by atoms with Crippen LogP contribution in [0.15, 0.2) is 42.7 Å². The number of sulfonamides is 1. The summed E-state index contributed by atoms with van der Waals surface area (Å²) in [5, 5.41) is -0.403. The molecule has 0 saturated carbocycles. The van der Waals surface area contributed by atoms with Crippen molar-refractivity contribution in [2.24, 2.45) is 5.92 Å². The van der Waals surface area contributed by atoms with Gasteiger partial charge in [0, 0.05) is 32.4 Å². The Morgan fingerprint density at radius 1 is 1.10 bits per heavy atom. The average Bonchev–Trinajstić information content (AvgIpc) is 2.86. The molecule has 0 radical (unpaired) electrons. The van der Waals surface area contributed by atoms with Gasteiger partial charge in [-0.15, -0.1) is 0 Å². The molecule has 0 unspecified atom stereocenters. The van der Waals surface area contributed by atoms with E-state index in [9.17, 15) is 13.2 Å². The lowest BCUT2D eigenvalue weighted by atomic mass is 10.0. The SMILES string of the molecule is Cc1cnc(C(=O)N2CC[C@H]3CN(CCc4ccccc4)S(=O)(=O)[C@@H]3CC2)cn1. The maximum absolute atomic E-state index is 13.1. The number of nitrogens with zero attached hydrogens (tertiary/aromatic N) is 4. The molecule has 8 heteroatoms. The van der Waals surface area contributed by atoms with E-state index in [2.05, 4.69) is 9.97 Å². The molecule has 154 valence electrons. The first-order valence-corrected chi connectivity index (χ1v) is 11.6. The number of carbonyl (C=O) groups is 1. The molecule has 1 aromatic carbocycles. The van der Waals surface area contributed by atoms with Crippen molar-refractivity contribution in [2.45, 2.75) is 31.4 Å². The number of rotatable bonds is 4. The lowest BCUT2D eigenvalue weighted by molar-refractivity contribution is 0.0752. The van der Waals surface area contributed by atoms with Crippen LogP contribution in [0.25, 0.3) is 0 Å². The summed E-state index contributed by atoms with van der Waals surface area (Å²) in [6, 6.07) is 9.96. The van der Waals surface area contributed by atoms with E-state index in [1.54, 1.807) is 15.4 Å². The van der Waals surface area contributed by atoms with Gasteiger partial charge < -0.3 is 4.90 Å². The fourth-order valence-electron chi connectivity index (χ4n) is 4.28. The summed E-state index contributed by atoms with van der Waals surface area (Å²) in [5.74, 6) is -0.103. The van der Waals surface area contributed by atoms with Crippen molar-refractivity contribution in [1.29, 1.82) is 0 Å². The van der Waals surface area contributed by atoms with Crippen molar-refractivity contribution in [3.8, 4) is 0 Å². The van der Waals surface area contributed by atoms with Crippen LogP contribution in [-0.2, 0) is 16.4 Å². The lowest BCUT2D eigenvalue weighted by Crippen LogP contribution is -2.35. The molecular formula is C21H26N4O3S. The van der Waals surface area contributed by atoms with Gasteiger partial charge in [-0.2, -0.15) is 0 Å². The Morgan fingerprint density at radius 2 is 1.86 bits per heavy atom. The molecule has 0 bridgehead atoms. The molecule has 7 nitrogen and oxygen atoms in total. The van der Waals surface area contributed by atoms with E-state index in [0.29, 0.717) is 44.7 Å². The number of fused-ring (bicyclic) bond motifs is 1. The highest BCUT2D eigenvalue weighted by Crippen LogP contribution is 2.34. The van der Waals surface area contributed by atoms with Crippen LogP contribution in [0.4, 0.5) is 0 Å². The van der Waals surface area contributed by atoms with Crippen LogP contribution < -0.4 is 0 Å². The monoisotopic (exact) mass is 414 g/mol. The fraction of sp³-hybridized carbons (Fsp3) is 0.476. The Balaban J connectivity index is 1.40. The van der Waals surface area contributed by atoms with Gasteiger partial charge in [0.1, 0.15) is 5.69 Å². The van der Waals surface area contributed by atoms with Crippen LogP contribution in [-0.4, -0.2) is 64.9 Å². The number of carbonyl (C=O) groups excluding carboxylic acids is 1. The average molecular weight is 415 g/mol. The number of aryl methyl sites for hydroxylation is 1. The standard InChI is InChI=1S/C21H26N4O3S/c1-16-13-23-19(14-22-16)21(26)24-10-8-18-15-25(29(27,28)20(18)9-11-24)12-7-17-5-3-2-4-6-17/h2-6,13-14,18,20H,7-12,15H2,1H3/t18-,20+/m0/s1. The Kier molecular flexibility index (Phi) is 5.65. The highest BCUT2D eigenvalue weighted by Gasteiger charge is 2.47. The molecule has 2 aliphatic rings. The van der Waals surface area contributed by atoms with Crippen LogP contribution in [0, 0.1) is 12.8 Å². The molecular weight excluding hydrogens is 388 g/mol. The van der Waals surface area contributed by atoms with Gasteiger partial charge in [-0.05, 0) is 37.7 Å². The molecule has 2 saturated heterocycles. The van der Waals surface area contributed by atoms with Crippen LogP contribution in [0.3, 0.4) is 0 Å². The topological polar surface area (TPSA) is 83.5 Å². The zero-order valence-corrected chi connectivity index (χ0v) is 17.4. The minimum Gasteiger partial charge on any atom is -0.337 e. The van der Waals surface area contributed by atoms with Crippen molar-refractivity contribution in [2.75, 3.05) is 26.2 Å². The van der Waals surface area contributed by atoms with Crippen molar-refractivity contribution in [3.63, 3.8) is 0 Å². The fourth-order valence-corrected chi connectivity index (χ4v) is 6.52. The second-order valence-electron chi connectivity index (χ2n) is 7.85. The van der Waals surface area contributed by atoms with Crippen LogP contribution >= 0.6 is 0 Å².